The highest BCUT2D eigenvalue weighted by molar-refractivity contribution is 5.95. The summed E-state index contributed by atoms with van der Waals surface area (Å²) in [5.74, 6) is -0.948. The van der Waals surface area contributed by atoms with E-state index in [1.807, 2.05) is 13.8 Å². The minimum absolute atomic E-state index is 0.0840. The molecule has 3 saturated carbocycles. The molecule has 0 aromatic rings. The van der Waals surface area contributed by atoms with Gasteiger partial charge in [0.05, 0.1) is 35.1 Å². The van der Waals surface area contributed by atoms with Crippen molar-refractivity contribution in [1.82, 2.24) is 0 Å². The second kappa shape index (κ2) is 8.09. The van der Waals surface area contributed by atoms with E-state index in [4.69, 9.17) is 0 Å². The molecule has 6 N–H and O–H groups in total. The second-order valence-corrected chi connectivity index (χ2v) is 13.2. The number of carbonyl (C=O) groups excluding carboxylic acids is 1. The zero-order valence-corrected chi connectivity index (χ0v) is 21.3. The van der Waals surface area contributed by atoms with Crippen molar-refractivity contribution in [3.63, 3.8) is 0 Å². The third kappa shape index (κ3) is 3.73. The van der Waals surface area contributed by atoms with Crippen LogP contribution < -0.4 is 0 Å². The Hall–Kier alpha value is -0.830. The van der Waals surface area contributed by atoms with Crippen molar-refractivity contribution in [2.24, 2.45) is 28.6 Å². The SMILES string of the molecule is CC(C)(O)CC[C@@H](O)C(C)(O)[C@@H]1CC[C@@]2(O)C3=CC(=O)[C@@H]4C[C@@H](O)[C@@H](O)C[C@]4(C)C3CC[C@]12C. The maximum atomic E-state index is 13.2. The molecule has 4 rings (SSSR count). The zero-order chi connectivity index (χ0) is 25.5. The molecule has 10 atom stereocenters. The number of ketones is 1. The molecule has 0 aromatic carbocycles. The topological polar surface area (TPSA) is 138 Å². The fourth-order valence-electron chi connectivity index (χ4n) is 8.32. The number of carbonyl (C=O) groups is 1. The first kappa shape index (κ1) is 26.2. The van der Waals surface area contributed by atoms with Gasteiger partial charge >= 0.3 is 0 Å². The number of allylic oxidation sites excluding steroid dienone is 1. The zero-order valence-electron chi connectivity index (χ0n) is 21.3. The normalized spacial score (nSPS) is 47.2. The molecule has 0 radical (unpaired) electrons. The van der Waals surface area contributed by atoms with Gasteiger partial charge in [0.25, 0.3) is 0 Å². The van der Waals surface area contributed by atoms with Crippen LogP contribution in [0.4, 0.5) is 0 Å². The minimum atomic E-state index is -1.46. The molecule has 0 aromatic heterocycles. The Labute approximate surface area is 202 Å². The number of rotatable bonds is 5. The van der Waals surface area contributed by atoms with Crippen LogP contribution in [0.3, 0.4) is 0 Å². The first-order valence-corrected chi connectivity index (χ1v) is 12.9. The highest BCUT2D eigenvalue weighted by Gasteiger charge is 2.69. The van der Waals surface area contributed by atoms with E-state index in [1.165, 1.54) is 0 Å². The molecule has 0 heterocycles. The summed E-state index contributed by atoms with van der Waals surface area (Å²) in [5, 5.41) is 65.5. The van der Waals surface area contributed by atoms with Crippen molar-refractivity contribution in [3.05, 3.63) is 11.6 Å². The Morgan fingerprint density at radius 1 is 1.06 bits per heavy atom. The fourth-order valence-corrected chi connectivity index (χ4v) is 8.32. The number of hydrogen-bond acceptors (Lipinski definition) is 7. The third-order valence-corrected chi connectivity index (χ3v) is 10.5. The van der Waals surface area contributed by atoms with Gasteiger partial charge in [0.15, 0.2) is 5.78 Å². The van der Waals surface area contributed by atoms with Gasteiger partial charge in [-0.15, -0.1) is 0 Å². The van der Waals surface area contributed by atoms with Crippen molar-refractivity contribution < 1.29 is 35.4 Å². The smallest absolute Gasteiger partial charge is 0.159 e. The first-order chi connectivity index (χ1) is 15.5. The molecule has 7 nitrogen and oxygen atoms in total. The number of aliphatic hydroxyl groups is 6. The highest BCUT2D eigenvalue weighted by Crippen LogP contribution is 2.68. The molecule has 4 aliphatic rings. The van der Waals surface area contributed by atoms with Crippen LogP contribution in [0.2, 0.25) is 0 Å². The van der Waals surface area contributed by atoms with Gasteiger partial charge in [0.1, 0.15) is 0 Å². The highest BCUT2D eigenvalue weighted by atomic mass is 16.3. The van der Waals surface area contributed by atoms with E-state index in [0.717, 1.165) is 0 Å². The van der Waals surface area contributed by atoms with Crippen molar-refractivity contribution in [1.29, 1.82) is 0 Å². The number of hydrogen-bond donors (Lipinski definition) is 6. The standard InChI is InChI=1S/C27H44O7/c1-23(2,32)9-8-22(31)26(5,33)21-7-11-27(34)16-12-18(28)17-13-19(29)20(30)14-24(17,3)15(16)6-10-25(21,27)4/h12,15,17,19-22,29-34H,6-11,13-14H2,1-5H3/t15?,17-,19+,20-,21+,22+,24+,25+,26?,27+/m0/s1. The first-order valence-electron chi connectivity index (χ1n) is 12.9. The molecule has 0 spiro atoms. The molecular formula is C27H44O7. The average molecular weight is 481 g/mol. The lowest BCUT2D eigenvalue weighted by molar-refractivity contribution is -0.177. The van der Waals surface area contributed by atoms with E-state index < -0.39 is 45.9 Å². The molecule has 3 fully saturated rings. The Balaban J connectivity index is 1.66. The number of aliphatic hydroxyl groups excluding tert-OH is 3. The second-order valence-electron chi connectivity index (χ2n) is 13.2. The molecule has 4 aliphatic carbocycles. The van der Waals surface area contributed by atoms with E-state index >= 15 is 0 Å². The van der Waals surface area contributed by atoms with E-state index in [-0.39, 0.29) is 36.4 Å². The summed E-state index contributed by atoms with van der Waals surface area (Å²) in [4.78, 5) is 13.2. The Morgan fingerprint density at radius 2 is 1.71 bits per heavy atom. The van der Waals surface area contributed by atoms with Gasteiger partial charge < -0.3 is 30.6 Å². The lowest BCUT2D eigenvalue weighted by Gasteiger charge is -2.60. The molecule has 194 valence electrons. The van der Waals surface area contributed by atoms with Gasteiger partial charge in [-0.3, -0.25) is 4.79 Å². The lowest BCUT2D eigenvalue weighted by atomic mass is 9.45. The van der Waals surface area contributed by atoms with Crippen LogP contribution >= 0.6 is 0 Å². The third-order valence-electron chi connectivity index (χ3n) is 10.5. The maximum absolute atomic E-state index is 13.2. The fraction of sp³-hybridized carbons (Fsp3) is 0.889. The van der Waals surface area contributed by atoms with Gasteiger partial charge in [-0.2, -0.15) is 0 Å². The van der Waals surface area contributed by atoms with Crippen molar-refractivity contribution in [2.75, 3.05) is 0 Å². The van der Waals surface area contributed by atoms with E-state index in [1.54, 1.807) is 26.8 Å². The minimum Gasteiger partial charge on any atom is -0.390 e. The van der Waals surface area contributed by atoms with Crippen molar-refractivity contribution >= 4 is 5.78 Å². The van der Waals surface area contributed by atoms with Gasteiger partial charge in [-0.25, -0.2) is 0 Å². The largest absolute Gasteiger partial charge is 0.390 e. The van der Waals surface area contributed by atoms with E-state index in [0.29, 0.717) is 44.1 Å². The molecule has 0 saturated heterocycles. The molecule has 0 bridgehead atoms. The summed E-state index contributed by atoms with van der Waals surface area (Å²) in [6, 6.07) is 0. The van der Waals surface area contributed by atoms with Gasteiger partial charge in [0, 0.05) is 11.3 Å². The van der Waals surface area contributed by atoms with Crippen LogP contribution in [0.5, 0.6) is 0 Å². The predicted molar refractivity (Wildman–Crippen MR) is 127 cm³/mol. The van der Waals surface area contributed by atoms with E-state index in [9.17, 15) is 35.4 Å². The molecule has 0 aliphatic heterocycles. The monoisotopic (exact) mass is 480 g/mol. The van der Waals surface area contributed by atoms with Gasteiger partial charge in [-0.05, 0) is 101 Å². The number of fused-ring (bicyclic) bond motifs is 5. The summed E-state index contributed by atoms with van der Waals surface area (Å²) >= 11 is 0. The molecule has 2 unspecified atom stereocenters. The van der Waals surface area contributed by atoms with Gasteiger partial charge in [0.2, 0.25) is 0 Å². The Kier molecular flexibility index (Phi) is 6.24. The molecule has 0 amide bonds. The summed E-state index contributed by atoms with van der Waals surface area (Å²) in [6.45, 7) is 8.96. The summed E-state index contributed by atoms with van der Waals surface area (Å²) < 4.78 is 0. The van der Waals surface area contributed by atoms with Crippen LogP contribution in [0.25, 0.3) is 0 Å². The quantitative estimate of drug-likeness (QED) is 0.353. The maximum Gasteiger partial charge on any atom is 0.159 e. The summed E-state index contributed by atoms with van der Waals surface area (Å²) in [7, 11) is 0. The lowest BCUT2D eigenvalue weighted by Crippen LogP contribution is -2.62. The Morgan fingerprint density at radius 3 is 2.32 bits per heavy atom. The summed E-state index contributed by atoms with van der Waals surface area (Å²) in [6.07, 6.45) is 2.11. The van der Waals surface area contributed by atoms with Crippen LogP contribution in [-0.2, 0) is 4.79 Å². The average Bonchev–Trinajstić information content (AvgIpc) is 3.00. The van der Waals surface area contributed by atoms with Crippen LogP contribution in [0.15, 0.2) is 11.6 Å². The summed E-state index contributed by atoms with van der Waals surface area (Å²) in [5.41, 5.74) is -4.27. The molecular weight excluding hydrogens is 436 g/mol. The van der Waals surface area contributed by atoms with E-state index in [2.05, 4.69) is 0 Å². The van der Waals surface area contributed by atoms with Crippen molar-refractivity contribution in [3.8, 4) is 0 Å². The molecule has 34 heavy (non-hydrogen) atoms. The predicted octanol–water partition coefficient (Wildman–Crippen LogP) is 1.85. The molecule has 7 heteroatoms. The van der Waals surface area contributed by atoms with Gasteiger partial charge in [-0.1, -0.05) is 13.8 Å². The van der Waals surface area contributed by atoms with Crippen LogP contribution in [0, 0.1) is 28.6 Å². The Bertz CT molecular complexity index is 860. The van der Waals surface area contributed by atoms with Crippen LogP contribution in [0.1, 0.15) is 86.0 Å². The van der Waals surface area contributed by atoms with Crippen molar-refractivity contribution in [2.45, 2.75) is 121 Å². The van der Waals surface area contributed by atoms with Crippen LogP contribution in [-0.4, -0.2) is 71.5 Å².